The molecular weight excluding hydrogens is 298 g/mol. The molecule has 1 amide bonds. The van der Waals surface area contributed by atoms with Crippen LogP contribution in [0.5, 0.6) is 0 Å². The smallest absolute Gasteiger partial charge is 0.251 e. The van der Waals surface area contributed by atoms with Gasteiger partial charge in [-0.15, -0.1) is 0 Å². The maximum Gasteiger partial charge on any atom is 0.251 e. The number of hydrogen-bond acceptors (Lipinski definition) is 5. The van der Waals surface area contributed by atoms with Gasteiger partial charge in [0.25, 0.3) is 5.91 Å². The number of nitrogens with zero attached hydrogens (tertiary/aromatic N) is 1. The Hall–Kier alpha value is -1.53. The Bertz CT molecular complexity index is 562. The van der Waals surface area contributed by atoms with Crippen molar-refractivity contribution in [2.75, 3.05) is 26.0 Å². The summed E-state index contributed by atoms with van der Waals surface area (Å²) in [6.45, 7) is 3.31. The maximum atomic E-state index is 12.2. The van der Waals surface area contributed by atoms with E-state index < -0.39 is 0 Å². The van der Waals surface area contributed by atoms with Crippen LogP contribution in [0, 0.1) is 0 Å². The summed E-state index contributed by atoms with van der Waals surface area (Å²) in [7, 11) is 1.65. The number of amidine groups is 1. The van der Waals surface area contributed by atoms with Crippen LogP contribution in [-0.4, -0.2) is 37.1 Å². The zero-order chi connectivity index (χ0) is 16.0. The molecule has 1 aromatic rings. The van der Waals surface area contributed by atoms with Crippen LogP contribution in [0.4, 0.5) is 0 Å². The number of nitrogens with one attached hydrogen (secondary N) is 1. The van der Waals surface area contributed by atoms with Gasteiger partial charge in [0.2, 0.25) is 0 Å². The minimum absolute atomic E-state index is 0.0660. The number of thioether (sulfide) groups is 1. The second kappa shape index (κ2) is 7.65. The number of aliphatic imine (C=N–C) groups is 1. The molecule has 1 heterocycles. The van der Waals surface area contributed by atoms with E-state index in [0.717, 1.165) is 24.2 Å². The Labute approximate surface area is 135 Å². The fourth-order valence-corrected chi connectivity index (χ4v) is 3.39. The van der Waals surface area contributed by atoms with E-state index in [2.05, 4.69) is 17.2 Å². The van der Waals surface area contributed by atoms with Crippen molar-refractivity contribution in [3.05, 3.63) is 35.4 Å². The highest BCUT2D eigenvalue weighted by atomic mass is 32.2. The van der Waals surface area contributed by atoms with Gasteiger partial charge >= 0.3 is 0 Å². The van der Waals surface area contributed by atoms with Gasteiger partial charge in [-0.3, -0.25) is 9.79 Å². The quantitative estimate of drug-likeness (QED) is 0.787. The van der Waals surface area contributed by atoms with Crippen molar-refractivity contribution in [1.82, 2.24) is 5.32 Å². The van der Waals surface area contributed by atoms with Crippen molar-refractivity contribution in [3.63, 3.8) is 0 Å². The SMILES string of the molecule is COCCCNC(=O)c1cccc(C2(C)CCSC(N)=N2)c1. The van der Waals surface area contributed by atoms with Crippen LogP contribution in [0.1, 0.15) is 35.7 Å². The lowest BCUT2D eigenvalue weighted by molar-refractivity contribution is 0.0948. The second-order valence-electron chi connectivity index (χ2n) is 5.51. The van der Waals surface area contributed by atoms with Crippen LogP contribution in [0.2, 0.25) is 0 Å². The Morgan fingerprint density at radius 2 is 2.36 bits per heavy atom. The van der Waals surface area contributed by atoms with Gasteiger partial charge in [0, 0.05) is 31.6 Å². The number of nitrogens with two attached hydrogens (primary N) is 1. The predicted molar refractivity (Wildman–Crippen MR) is 91.3 cm³/mol. The first-order chi connectivity index (χ1) is 10.5. The number of hydrogen-bond donors (Lipinski definition) is 2. The molecule has 2 rings (SSSR count). The highest BCUT2D eigenvalue weighted by Gasteiger charge is 2.29. The zero-order valence-corrected chi connectivity index (χ0v) is 13.9. The summed E-state index contributed by atoms with van der Waals surface area (Å²) in [4.78, 5) is 16.8. The highest BCUT2D eigenvalue weighted by Crippen LogP contribution is 2.35. The molecule has 0 fully saturated rings. The minimum Gasteiger partial charge on any atom is -0.385 e. The first-order valence-electron chi connectivity index (χ1n) is 7.41. The molecule has 0 spiro atoms. The van der Waals surface area contributed by atoms with Gasteiger partial charge in [-0.1, -0.05) is 23.9 Å². The number of benzene rings is 1. The van der Waals surface area contributed by atoms with Crippen LogP contribution in [0.15, 0.2) is 29.3 Å². The fraction of sp³-hybridized carbons (Fsp3) is 0.500. The number of ether oxygens (including phenoxy) is 1. The van der Waals surface area contributed by atoms with E-state index in [4.69, 9.17) is 10.5 Å². The molecular formula is C16H23N3O2S. The van der Waals surface area contributed by atoms with E-state index >= 15 is 0 Å². The summed E-state index contributed by atoms with van der Waals surface area (Å²) in [5.41, 5.74) is 7.20. The molecule has 0 radical (unpaired) electrons. The largest absolute Gasteiger partial charge is 0.385 e. The van der Waals surface area contributed by atoms with Crippen molar-refractivity contribution in [2.24, 2.45) is 10.7 Å². The van der Waals surface area contributed by atoms with Crippen LogP contribution in [-0.2, 0) is 10.3 Å². The van der Waals surface area contributed by atoms with Gasteiger partial charge in [-0.05, 0) is 37.5 Å². The van der Waals surface area contributed by atoms with Gasteiger partial charge < -0.3 is 15.8 Å². The first kappa shape index (κ1) is 16.8. The molecule has 0 bridgehead atoms. The third-order valence-corrected chi connectivity index (χ3v) is 4.55. The summed E-state index contributed by atoms with van der Waals surface area (Å²) in [6.07, 6.45) is 1.72. The van der Waals surface area contributed by atoms with E-state index in [1.54, 1.807) is 18.9 Å². The topological polar surface area (TPSA) is 76.7 Å². The Morgan fingerprint density at radius 1 is 1.55 bits per heavy atom. The average Bonchev–Trinajstić information content (AvgIpc) is 2.51. The number of amides is 1. The fourth-order valence-electron chi connectivity index (χ4n) is 2.41. The number of carbonyl (C=O) groups is 1. The van der Waals surface area contributed by atoms with Crippen LogP contribution < -0.4 is 11.1 Å². The van der Waals surface area contributed by atoms with E-state index in [1.165, 1.54) is 0 Å². The molecule has 22 heavy (non-hydrogen) atoms. The van der Waals surface area contributed by atoms with Gasteiger partial charge in [0.05, 0.1) is 5.54 Å². The lowest BCUT2D eigenvalue weighted by Gasteiger charge is -2.30. The lowest BCUT2D eigenvalue weighted by Crippen LogP contribution is -2.29. The van der Waals surface area contributed by atoms with E-state index in [0.29, 0.717) is 23.9 Å². The highest BCUT2D eigenvalue weighted by molar-refractivity contribution is 8.13. The molecule has 0 aromatic heterocycles. The minimum atomic E-state index is -0.346. The molecule has 6 heteroatoms. The summed E-state index contributed by atoms with van der Waals surface area (Å²) in [5, 5.41) is 3.52. The summed E-state index contributed by atoms with van der Waals surface area (Å²) < 4.78 is 4.97. The molecule has 0 aliphatic carbocycles. The lowest BCUT2D eigenvalue weighted by atomic mass is 9.88. The van der Waals surface area contributed by atoms with Crippen LogP contribution >= 0.6 is 11.8 Å². The molecule has 5 nitrogen and oxygen atoms in total. The molecule has 1 unspecified atom stereocenters. The Morgan fingerprint density at radius 3 is 3.09 bits per heavy atom. The average molecular weight is 321 g/mol. The van der Waals surface area contributed by atoms with E-state index in [9.17, 15) is 4.79 Å². The summed E-state index contributed by atoms with van der Waals surface area (Å²) in [6, 6.07) is 7.65. The van der Waals surface area contributed by atoms with E-state index in [-0.39, 0.29) is 11.4 Å². The number of rotatable bonds is 6. The molecule has 1 aliphatic rings. The molecule has 120 valence electrons. The van der Waals surface area contributed by atoms with E-state index in [1.807, 2.05) is 24.3 Å². The summed E-state index contributed by atoms with van der Waals surface area (Å²) in [5.74, 6) is 0.878. The molecule has 1 aromatic carbocycles. The van der Waals surface area contributed by atoms with Gasteiger partial charge in [0.15, 0.2) is 5.17 Å². The second-order valence-corrected chi connectivity index (χ2v) is 6.62. The van der Waals surface area contributed by atoms with Gasteiger partial charge in [-0.2, -0.15) is 0 Å². The third kappa shape index (κ3) is 4.24. The molecule has 3 N–H and O–H groups in total. The van der Waals surface area contributed by atoms with Crippen molar-refractivity contribution in [2.45, 2.75) is 25.3 Å². The molecule has 1 aliphatic heterocycles. The van der Waals surface area contributed by atoms with Crippen molar-refractivity contribution in [1.29, 1.82) is 0 Å². The molecule has 1 atom stereocenters. The third-order valence-electron chi connectivity index (χ3n) is 3.75. The van der Waals surface area contributed by atoms with Gasteiger partial charge in [0.1, 0.15) is 0 Å². The Kier molecular flexibility index (Phi) is 5.85. The first-order valence-corrected chi connectivity index (χ1v) is 8.39. The van der Waals surface area contributed by atoms with Gasteiger partial charge in [-0.25, -0.2) is 0 Å². The normalized spacial score (nSPS) is 21.3. The summed E-state index contributed by atoms with van der Waals surface area (Å²) >= 11 is 1.58. The monoisotopic (exact) mass is 321 g/mol. The number of methoxy groups -OCH3 is 1. The van der Waals surface area contributed by atoms with Crippen LogP contribution in [0.25, 0.3) is 0 Å². The Balaban J connectivity index is 2.09. The maximum absolute atomic E-state index is 12.2. The molecule has 0 saturated carbocycles. The van der Waals surface area contributed by atoms with Crippen molar-refractivity contribution >= 4 is 22.8 Å². The predicted octanol–water partition coefficient (Wildman–Crippen LogP) is 2.12. The van der Waals surface area contributed by atoms with Crippen molar-refractivity contribution < 1.29 is 9.53 Å². The van der Waals surface area contributed by atoms with Crippen molar-refractivity contribution in [3.8, 4) is 0 Å². The zero-order valence-electron chi connectivity index (χ0n) is 13.1. The number of carbonyl (C=O) groups excluding carboxylic acids is 1. The standard InChI is InChI=1S/C16H23N3O2S/c1-16(7-10-22-15(17)19-16)13-6-3-5-12(11-13)14(20)18-8-4-9-21-2/h3,5-6,11H,4,7-10H2,1-2H3,(H2,17,19)(H,18,20). The van der Waals surface area contributed by atoms with Crippen LogP contribution in [0.3, 0.4) is 0 Å². The molecule has 0 saturated heterocycles.